The predicted molar refractivity (Wildman–Crippen MR) is 146 cm³/mol. The zero-order valence-electron chi connectivity index (χ0n) is 20.5. The van der Waals surface area contributed by atoms with Crippen molar-refractivity contribution in [3.8, 4) is 11.3 Å². The number of carbonyl (C=O) groups excluding carboxylic acids is 2. The Kier molecular flexibility index (Phi) is 6.82. The van der Waals surface area contributed by atoms with Gasteiger partial charge in [-0.15, -0.1) is 11.3 Å². The van der Waals surface area contributed by atoms with Gasteiger partial charge in [0.25, 0.3) is 5.91 Å². The van der Waals surface area contributed by atoms with Gasteiger partial charge in [-0.2, -0.15) is 0 Å². The molecule has 1 aliphatic carbocycles. The Morgan fingerprint density at radius 2 is 1.97 bits per heavy atom. The second-order valence-corrected chi connectivity index (χ2v) is 10.7. The molecule has 4 aromatic rings. The number of pyridine rings is 1. The molecule has 0 radical (unpaired) electrons. The number of nitrogens with zero attached hydrogens (tertiary/aromatic N) is 1. The molecule has 0 fully saturated rings. The molecule has 0 saturated carbocycles. The normalized spacial score (nSPS) is 14.9. The number of aromatic nitrogens is 1. The fourth-order valence-electron chi connectivity index (χ4n) is 4.93. The average Bonchev–Trinajstić information content (AvgIpc) is 3.27. The number of benzene rings is 2. The van der Waals surface area contributed by atoms with Gasteiger partial charge >= 0.3 is 5.97 Å². The number of carbonyl (C=O) groups is 2. The number of ether oxygens (including phenoxy) is 1. The number of thiophene rings is 1. The number of anilines is 1. The van der Waals surface area contributed by atoms with Crippen LogP contribution in [0.5, 0.6) is 0 Å². The fraction of sp³-hybridized carbons (Fsp3) is 0.276. The van der Waals surface area contributed by atoms with Crippen LogP contribution in [0.2, 0.25) is 5.02 Å². The van der Waals surface area contributed by atoms with Crippen molar-refractivity contribution >= 4 is 50.7 Å². The summed E-state index contributed by atoms with van der Waals surface area (Å²) >= 11 is 7.90. The second kappa shape index (κ2) is 10.0. The van der Waals surface area contributed by atoms with Gasteiger partial charge < -0.3 is 10.1 Å². The summed E-state index contributed by atoms with van der Waals surface area (Å²) in [4.78, 5) is 32.6. The Balaban J connectivity index is 1.62. The zero-order chi connectivity index (χ0) is 25.4. The van der Waals surface area contributed by atoms with Crippen molar-refractivity contribution < 1.29 is 14.3 Å². The van der Waals surface area contributed by atoms with Crippen molar-refractivity contribution in [3.05, 3.63) is 80.7 Å². The van der Waals surface area contributed by atoms with E-state index in [1.807, 2.05) is 43.3 Å². The van der Waals surface area contributed by atoms with Crippen molar-refractivity contribution in [2.75, 3.05) is 12.4 Å². The van der Waals surface area contributed by atoms with Crippen molar-refractivity contribution in [1.29, 1.82) is 0 Å². The standard InChI is InChI=1S/C29H27ClN2O3S/c1-4-17-10-11-20-24(14-17)36-28(25(20)29(34)35-3)32-27(33)21-15-23(18-8-6-5-7-9-18)31-26-16(2)22(30)13-12-19(21)26/h5-9,12-13,15,17H,4,10-11,14H2,1-3H3,(H,32,33)/t17-/m1/s1. The SMILES string of the molecule is CC[C@@H]1CCc2c(sc(NC(=O)c3cc(-c4ccccc4)nc4c(C)c(Cl)ccc34)c2C(=O)OC)C1. The van der Waals surface area contributed by atoms with Gasteiger partial charge in [-0.05, 0) is 55.4 Å². The first-order chi connectivity index (χ1) is 17.4. The third kappa shape index (κ3) is 4.40. The first-order valence-electron chi connectivity index (χ1n) is 12.1. The maximum atomic E-state index is 13.8. The Labute approximate surface area is 219 Å². The van der Waals surface area contributed by atoms with E-state index in [-0.39, 0.29) is 5.91 Å². The molecule has 0 saturated heterocycles. The molecular weight excluding hydrogens is 492 g/mol. The van der Waals surface area contributed by atoms with Gasteiger partial charge in [0.15, 0.2) is 0 Å². The molecule has 2 heterocycles. The molecule has 5 nitrogen and oxygen atoms in total. The van der Waals surface area contributed by atoms with Crippen LogP contribution in [0.25, 0.3) is 22.2 Å². The van der Waals surface area contributed by atoms with Crippen molar-refractivity contribution in [3.63, 3.8) is 0 Å². The molecule has 0 spiro atoms. The van der Waals surface area contributed by atoms with E-state index in [4.69, 9.17) is 21.3 Å². The topological polar surface area (TPSA) is 68.3 Å². The summed E-state index contributed by atoms with van der Waals surface area (Å²) in [7, 11) is 1.38. The molecular formula is C29H27ClN2O3S. The Hall–Kier alpha value is -3.22. The first-order valence-corrected chi connectivity index (χ1v) is 13.3. The lowest BCUT2D eigenvalue weighted by Crippen LogP contribution is -2.17. The van der Waals surface area contributed by atoms with E-state index in [0.717, 1.165) is 47.3 Å². The molecule has 0 bridgehead atoms. The van der Waals surface area contributed by atoms with E-state index in [2.05, 4.69) is 12.2 Å². The van der Waals surface area contributed by atoms with Crippen LogP contribution >= 0.6 is 22.9 Å². The van der Waals surface area contributed by atoms with E-state index < -0.39 is 5.97 Å². The van der Waals surface area contributed by atoms with Crippen molar-refractivity contribution in [2.45, 2.75) is 39.5 Å². The second-order valence-electron chi connectivity index (χ2n) is 9.16. The van der Waals surface area contributed by atoms with Crippen molar-refractivity contribution in [2.24, 2.45) is 5.92 Å². The van der Waals surface area contributed by atoms with Gasteiger partial charge in [0.2, 0.25) is 0 Å². The number of hydrogen-bond donors (Lipinski definition) is 1. The Morgan fingerprint density at radius 1 is 1.19 bits per heavy atom. The monoisotopic (exact) mass is 518 g/mol. The lowest BCUT2D eigenvalue weighted by Gasteiger charge is -2.20. The van der Waals surface area contributed by atoms with E-state index in [1.54, 1.807) is 12.1 Å². The summed E-state index contributed by atoms with van der Waals surface area (Å²) in [6, 6.07) is 15.2. The molecule has 2 aromatic heterocycles. The summed E-state index contributed by atoms with van der Waals surface area (Å²) in [5.74, 6) is -0.113. The Bertz CT molecular complexity index is 1480. The van der Waals surface area contributed by atoms with Crippen LogP contribution < -0.4 is 5.32 Å². The largest absolute Gasteiger partial charge is 0.465 e. The molecule has 7 heteroatoms. The number of aryl methyl sites for hydroxylation is 1. The zero-order valence-corrected chi connectivity index (χ0v) is 22.1. The molecule has 0 unspecified atom stereocenters. The number of fused-ring (bicyclic) bond motifs is 2. The summed E-state index contributed by atoms with van der Waals surface area (Å²) in [6.45, 7) is 4.10. The highest BCUT2D eigenvalue weighted by Crippen LogP contribution is 2.41. The number of rotatable bonds is 5. The minimum atomic E-state index is -0.412. The maximum absolute atomic E-state index is 13.8. The van der Waals surface area contributed by atoms with Gasteiger partial charge in [-0.25, -0.2) is 9.78 Å². The third-order valence-electron chi connectivity index (χ3n) is 7.04. The number of esters is 1. The summed E-state index contributed by atoms with van der Waals surface area (Å²) in [5.41, 5.74) is 5.06. The van der Waals surface area contributed by atoms with Crippen LogP contribution in [0.15, 0.2) is 48.5 Å². The lowest BCUT2D eigenvalue weighted by atomic mass is 9.85. The van der Waals surface area contributed by atoms with Crippen LogP contribution in [0, 0.1) is 12.8 Å². The average molecular weight is 519 g/mol. The lowest BCUT2D eigenvalue weighted by molar-refractivity contribution is 0.0601. The molecule has 2 aromatic carbocycles. The van der Waals surface area contributed by atoms with Crippen LogP contribution in [-0.2, 0) is 17.6 Å². The highest BCUT2D eigenvalue weighted by Gasteiger charge is 2.30. The molecule has 1 atom stereocenters. The van der Waals surface area contributed by atoms with Crippen molar-refractivity contribution in [1.82, 2.24) is 4.98 Å². The number of methoxy groups -OCH3 is 1. The highest BCUT2D eigenvalue weighted by atomic mass is 35.5. The molecule has 184 valence electrons. The number of hydrogen-bond acceptors (Lipinski definition) is 5. The smallest absolute Gasteiger partial charge is 0.341 e. The number of amides is 1. The molecule has 1 aliphatic rings. The molecule has 1 amide bonds. The quantitative estimate of drug-likeness (QED) is 0.278. The van der Waals surface area contributed by atoms with E-state index in [1.165, 1.54) is 18.4 Å². The highest BCUT2D eigenvalue weighted by molar-refractivity contribution is 7.17. The van der Waals surface area contributed by atoms with Gasteiger partial charge in [-0.3, -0.25) is 4.79 Å². The molecule has 5 rings (SSSR count). The number of halogens is 1. The summed E-state index contributed by atoms with van der Waals surface area (Å²) in [6.07, 6.45) is 3.87. The van der Waals surface area contributed by atoms with Crippen LogP contribution in [0.1, 0.15) is 56.5 Å². The van der Waals surface area contributed by atoms with Crippen LogP contribution in [0.4, 0.5) is 5.00 Å². The van der Waals surface area contributed by atoms with E-state index >= 15 is 0 Å². The maximum Gasteiger partial charge on any atom is 0.341 e. The summed E-state index contributed by atoms with van der Waals surface area (Å²) in [5, 5.41) is 4.90. The molecule has 0 aliphatic heterocycles. The predicted octanol–water partition coefficient (Wildman–Crippen LogP) is 7.48. The van der Waals surface area contributed by atoms with Crippen LogP contribution in [0.3, 0.4) is 0 Å². The fourth-order valence-corrected chi connectivity index (χ4v) is 6.43. The molecule has 36 heavy (non-hydrogen) atoms. The van der Waals surface area contributed by atoms with Gasteiger partial charge in [0, 0.05) is 20.8 Å². The van der Waals surface area contributed by atoms with Gasteiger partial charge in [0.05, 0.1) is 29.4 Å². The van der Waals surface area contributed by atoms with Crippen LogP contribution in [-0.4, -0.2) is 24.0 Å². The summed E-state index contributed by atoms with van der Waals surface area (Å²) < 4.78 is 5.11. The minimum absolute atomic E-state index is 0.294. The van der Waals surface area contributed by atoms with Gasteiger partial charge in [0.1, 0.15) is 5.00 Å². The van der Waals surface area contributed by atoms with Gasteiger partial charge in [-0.1, -0.05) is 61.3 Å². The Morgan fingerprint density at radius 3 is 2.69 bits per heavy atom. The van der Waals surface area contributed by atoms with E-state index in [9.17, 15) is 9.59 Å². The minimum Gasteiger partial charge on any atom is -0.465 e. The van der Waals surface area contributed by atoms with E-state index in [0.29, 0.717) is 43.7 Å². The third-order valence-corrected chi connectivity index (χ3v) is 8.62. The first kappa shape index (κ1) is 24.5. The molecule has 1 N–H and O–H groups in total. The number of nitrogens with one attached hydrogen (secondary N) is 1.